The fourth-order valence-electron chi connectivity index (χ4n) is 1.47. The van der Waals surface area contributed by atoms with Crippen molar-refractivity contribution in [3.05, 3.63) is 41.7 Å². The Morgan fingerprint density at radius 3 is 2.60 bits per heavy atom. The van der Waals surface area contributed by atoms with Crippen LogP contribution in [0.3, 0.4) is 0 Å². The van der Waals surface area contributed by atoms with E-state index in [2.05, 4.69) is 10.6 Å². The van der Waals surface area contributed by atoms with Gasteiger partial charge in [-0.2, -0.15) is 0 Å². The average molecular weight is 278 g/mol. The minimum Gasteiger partial charge on any atom is -0.350 e. The van der Waals surface area contributed by atoms with Gasteiger partial charge in [-0.25, -0.2) is 4.39 Å². The molecule has 108 valence electrons. The highest BCUT2D eigenvalue weighted by molar-refractivity contribution is 5.94. The zero-order chi connectivity index (χ0) is 15.2. The van der Waals surface area contributed by atoms with Crippen LogP contribution in [0.2, 0.25) is 0 Å². The van der Waals surface area contributed by atoms with Crippen molar-refractivity contribution in [3.8, 4) is 0 Å². The highest BCUT2D eigenvalue weighted by Crippen LogP contribution is 2.05. The van der Waals surface area contributed by atoms with Crippen LogP contribution in [-0.2, 0) is 9.59 Å². The maximum Gasteiger partial charge on any atom is 0.244 e. The van der Waals surface area contributed by atoms with E-state index in [1.165, 1.54) is 24.3 Å². The summed E-state index contributed by atoms with van der Waals surface area (Å²) in [6.07, 6.45) is 2.75. The molecule has 2 N–H and O–H groups in total. The third-order valence-corrected chi connectivity index (χ3v) is 2.21. The Kier molecular flexibility index (Phi) is 5.43. The summed E-state index contributed by atoms with van der Waals surface area (Å²) in [4.78, 5) is 23.0. The smallest absolute Gasteiger partial charge is 0.244 e. The lowest BCUT2D eigenvalue weighted by molar-refractivity contribution is -0.124. The van der Waals surface area contributed by atoms with E-state index in [1.807, 2.05) is 20.8 Å². The molecular formula is C15H19FN2O2. The number of carbonyl (C=O) groups excluding carboxylic acids is 2. The lowest BCUT2D eigenvalue weighted by atomic mass is 10.1. The molecule has 0 saturated carbocycles. The summed E-state index contributed by atoms with van der Waals surface area (Å²) in [6, 6.07) is 5.88. The van der Waals surface area contributed by atoms with Crippen molar-refractivity contribution in [1.82, 2.24) is 10.6 Å². The highest BCUT2D eigenvalue weighted by Gasteiger charge is 2.13. The molecule has 0 aromatic heterocycles. The molecule has 0 aliphatic heterocycles. The zero-order valence-corrected chi connectivity index (χ0v) is 11.9. The lowest BCUT2D eigenvalue weighted by Gasteiger charge is -2.20. The Morgan fingerprint density at radius 1 is 1.30 bits per heavy atom. The largest absolute Gasteiger partial charge is 0.350 e. The molecular weight excluding hydrogens is 259 g/mol. The molecule has 0 fully saturated rings. The van der Waals surface area contributed by atoms with Crippen LogP contribution in [0.1, 0.15) is 26.3 Å². The third-order valence-electron chi connectivity index (χ3n) is 2.21. The van der Waals surface area contributed by atoms with E-state index in [1.54, 1.807) is 12.1 Å². The first-order valence-electron chi connectivity index (χ1n) is 6.29. The highest BCUT2D eigenvalue weighted by atomic mass is 19.1. The first kappa shape index (κ1) is 15.9. The van der Waals surface area contributed by atoms with Crippen molar-refractivity contribution < 1.29 is 14.0 Å². The maximum atomic E-state index is 12.9. The fraction of sp³-hybridized carbons (Fsp3) is 0.333. The van der Waals surface area contributed by atoms with Crippen LogP contribution in [-0.4, -0.2) is 23.9 Å². The number of hydrogen-bond donors (Lipinski definition) is 2. The summed E-state index contributed by atoms with van der Waals surface area (Å²) in [5.41, 5.74) is 0.249. The Hall–Kier alpha value is -2.17. The molecule has 1 rings (SSSR count). The molecule has 2 amide bonds. The van der Waals surface area contributed by atoms with E-state index >= 15 is 0 Å². The molecule has 0 atom stereocenters. The third kappa shape index (κ3) is 6.68. The van der Waals surface area contributed by atoms with Crippen molar-refractivity contribution >= 4 is 17.9 Å². The summed E-state index contributed by atoms with van der Waals surface area (Å²) in [5, 5.41) is 5.19. The van der Waals surface area contributed by atoms with Crippen molar-refractivity contribution in [2.75, 3.05) is 6.54 Å². The lowest BCUT2D eigenvalue weighted by Crippen LogP contribution is -2.45. The molecule has 20 heavy (non-hydrogen) atoms. The number of rotatable bonds is 4. The SMILES string of the molecule is CC(C)(C)NC(=O)CNC(=O)C=Cc1cccc(F)c1. The average Bonchev–Trinajstić information content (AvgIpc) is 2.32. The molecule has 0 saturated heterocycles. The molecule has 4 nitrogen and oxygen atoms in total. The first-order chi connectivity index (χ1) is 9.26. The van der Waals surface area contributed by atoms with Gasteiger partial charge in [0.05, 0.1) is 6.54 Å². The maximum absolute atomic E-state index is 12.9. The Morgan fingerprint density at radius 2 is 2.00 bits per heavy atom. The number of benzene rings is 1. The van der Waals surface area contributed by atoms with E-state index in [-0.39, 0.29) is 23.8 Å². The van der Waals surface area contributed by atoms with Gasteiger partial charge in [-0.1, -0.05) is 12.1 Å². The van der Waals surface area contributed by atoms with E-state index < -0.39 is 5.91 Å². The second kappa shape index (κ2) is 6.84. The van der Waals surface area contributed by atoms with Crippen LogP contribution < -0.4 is 10.6 Å². The van der Waals surface area contributed by atoms with Gasteiger partial charge >= 0.3 is 0 Å². The predicted molar refractivity (Wildman–Crippen MR) is 76.3 cm³/mol. The van der Waals surface area contributed by atoms with Crippen molar-refractivity contribution in [3.63, 3.8) is 0 Å². The quantitative estimate of drug-likeness (QED) is 0.826. The minimum atomic E-state index is -0.404. The van der Waals surface area contributed by atoms with Crippen LogP contribution in [0.5, 0.6) is 0 Å². The molecule has 0 radical (unpaired) electrons. The van der Waals surface area contributed by atoms with E-state index in [0.717, 1.165) is 0 Å². The van der Waals surface area contributed by atoms with Crippen molar-refractivity contribution in [2.24, 2.45) is 0 Å². The monoisotopic (exact) mass is 278 g/mol. The van der Waals surface area contributed by atoms with Crippen molar-refractivity contribution in [1.29, 1.82) is 0 Å². The Balaban J connectivity index is 2.42. The summed E-state index contributed by atoms with van der Waals surface area (Å²) in [7, 11) is 0. The van der Waals surface area contributed by atoms with Gasteiger partial charge in [-0.15, -0.1) is 0 Å². The van der Waals surface area contributed by atoms with E-state index in [0.29, 0.717) is 5.56 Å². The Bertz CT molecular complexity index is 519. The number of hydrogen-bond acceptors (Lipinski definition) is 2. The number of nitrogens with one attached hydrogen (secondary N) is 2. The van der Waals surface area contributed by atoms with Crippen LogP contribution in [0.4, 0.5) is 4.39 Å². The first-order valence-corrected chi connectivity index (χ1v) is 6.29. The number of carbonyl (C=O) groups is 2. The topological polar surface area (TPSA) is 58.2 Å². The van der Waals surface area contributed by atoms with Gasteiger partial charge in [-0.3, -0.25) is 9.59 Å². The van der Waals surface area contributed by atoms with Gasteiger partial charge < -0.3 is 10.6 Å². The summed E-state index contributed by atoms with van der Waals surface area (Å²) < 4.78 is 12.9. The molecule has 0 bridgehead atoms. The molecule has 0 unspecified atom stereocenters. The summed E-state index contributed by atoms with van der Waals surface area (Å²) in [6.45, 7) is 5.48. The standard InChI is InChI=1S/C15H19FN2O2/c1-15(2,3)18-14(20)10-17-13(19)8-7-11-5-4-6-12(16)9-11/h4-9H,10H2,1-3H3,(H,17,19)(H,18,20). The van der Waals surface area contributed by atoms with Gasteiger partial charge in [0.1, 0.15) is 5.82 Å². The molecule has 0 aliphatic rings. The molecule has 1 aromatic carbocycles. The van der Waals surface area contributed by atoms with Gasteiger partial charge in [0.2, 0.25) is 11.8 Å². The van der Waals surface area contributed by atoms with Gasteiger partial charge in [0.25, 0.3) is 0 Å². The normalized spacial score (nSPS) is 11.4. The molecule has 0 spiro atoms. The molecule has 5 heteroatoms. The van der Waals surface area contributed by atoms with Crippen molar-refractivity contribution in [2.45, 2.75) is 26.3 Å². The van der Waals surface area contributed by atoms with Crippen LogP contribution in [0.25, 0.3) is 6.08 Å². The minimum absolute atomic E-state index is 0.0937. The van der Waals surface area contributed by atoms with Crippen LogP contribution in [0, 0.1) is 5.82 Å². The molecule has 0 heterocycles. The summed E-state index contributed by atoms with van der Waals surface area (Å²) >= 11 is 0. The number of halogens is 1. The second-order valence-electron chi connectivity index (χ2n) is 5.40. The second-order valence-corrected chi connectivity index (χ2v) is 5.40. The molecule has 1 aromatic rings. The van der Waals surface area contributed by atoms with E-state index in [4.69, 9.17) is 0 Å². The Labute approximate surface area is 118 Å². The summed E-state index contributed by atoms with van der Waals surface area (Å²) in [5.74, 6) is -1.03. The van der Waals surface area contributed by atoms with E-state index in [9.17, 15) is 14.0 Å². The molecule has 0 aliphatic carbocycles. The van der Waals surface area contributed by atoms with Crippen LogP contribution >= 0.6 is 0 Å². The predicted octanol–water partition coefficient (Wildman–Crippen LogP) is 1.87. The van der Waals surface area contributed by atoms with Gasteiger partial charge in [-0.05, 0) is 44.5 Å². The number of amides is 2. The van der Waals surface area contributed by atoms with Crippen LogP contribution in [0.15, 0.2) is 30.3 Å². The van der Waals surface area contributed by atoms with Gasteiger partial charge in [0.15, 0.2) is 0 Å². The fourth-order valence-corrected chi connectivity index (χ4v) is 1.47. The van der Waals surface area contributed by atoms with Gasteiger partial charge in [0, 0.05) is 11.6 Å². The zero-order valence-electron chi connectivity index (χ0n) is 11.9.